The zero-order chi connectivity index (χ0) is 16.8. The summed E-state index contributed by atoms with van der Waals surface area (Å²) in [7, 11) is 0. The molecule has 0 bridgehead atoms. The van der Waals surface area contributed by atoms with Gasteiger partial charge in [0.2, 0.25) is 5.91 Å². The zero-order valence-corrected chi connectivity index (χ0v) is 12.4. The molecule has 0 unspecified atom stereocenters. The van der Waals surface area contributed by atoms with Gasteiger partial charge in [-0.1, -0.05) is 30.3 Å². The van der Waals surface area contributed by atoms with Gasteiger partial charge in [-0.3, -0.25) is 14.4 Å². The van der Waals surface area contributed by atoms with Crippen molar-refractivity contribution in [3.8, 4) is 0 Å². The fourth-order valence-electron chi connectivity index (χ4n) is 2.11. The molecule has 1 heterocycles. The van der Waals surface area contributed by atoms with Crippen molar-refractivity contribution < 1.29 is 24.0 Å². The Morgan fingerprint density at radius 1 is 1.17 bits per heavy atom. The van der Waals surface area contributed by atoms with Crippen molar-refractivity contribution in [3.63, 3.8) is 0 Å². The molecule has 8 nitrogen and oxygen atoms in total. The number of benzene rings is 1. The second-order valence-electron chi connectivity index (χ2n) is 5.01. The van der Waals surface area contributed by atoms with Crippen molar-refractivity contribution in [2.45, 2.75) is 25.3 Å². The quantitative estimate of drug-likeness (QED) is 0.668. The van der Waals surface area contributed by atoms with Crippen molar-refractivity contribution in [1.82, 2.24) is 10.4 Å². The first kappa shape index (κ1) is 16.6. The van der Waals surface area contributed by atoms with Crippen molar-refractivity contribution in [3.05, 3.63) is 35.9 Å². The van der Waals surface area contributed by atoms with Crippen LogP contribution >= 0.6 is 0 Å². The minimum Gasteiger partial charge on any atom is -0.341 e. The molecular formula is C15H17N3O5. The Bertz CT molecular complexity index is 601. The highest BCUT2D eigenvalue weighted by atomic mass is 16.7. The molecule has 23 heavy (non-hydrogen) atoms. The Morgan fingerprint density at radius 3 is 2.35 bits per heavy atom. The van der Waals surface area contributed by atoms with Crippen LogP contribution in [0.5, 0.6) is 0 Å². The van der Waals surface area contributed by atoms with Gasteiger partial charge in [0.1, 0.15) is 6.04 Å². The van der Waals surface area contributed by atoms with E-state index in [2.05, 4.69) is 5.32 Å². The molecule has 2 rings (SSSR count). The molecule has 3 amide bonds. The van der Waals surface area contributed by atoms with Crippen molar-refractivity contribution >= 4 is 23.7 Å². The standard InChI is InChI=1S/C15H17N3O5/c16-9-12(19)17-11(8-10-4-2-1-3-5-10)15(22)23-18-13(20)6-7-14(18)21/h1-5,11H,6-9,16H2,(H,17,19)/t11-/m0/s1. The van der Waals surface area contributed by atoms with Gasteiger partial charge in [-0.05, 0) is 5.56 Å². The van der Waals surface area contributed by atoms with Gasteiger partial charge in [-0.15, -0.1) is 5.06 Å². The predicted molar refractivity (Wildman–Crippen MR) is 78.3 cm³/mol. The van der Waals surface area contributed by atoms with Crippen LogP contribution in [0.2, 0.25) is 0 Å². The lowest BCUT2D eigenvalue weighted by atomic mass is 10.1. The number of nitrogens with zero attached hydrogens (tertiary/aromatic N) is 1. The first-order valence-corrected chi connectivity index (χ1v) is 7.12. The molecule has 0 radical (unpaired) electrons. The van der Waals surface area contributed by atoms with Gasteiger partial charge < -0.3 is 15.9 Å². The monoisotopic (exact) mass is 319 g/mol. The van der Waals surface area contributed by atoms with E-state index >= 15 is 0 Å². The zero-order valence-electron chi connectivity index (χ0n) is 12.4. The van der Waals surface area contributed by atoms with E-state index in [0.29, 0.717) is 5.06 Å². The fraction of sp³-hybridized carbons (Fsp3) is 0.333. The van der Waals surface area contributed by atoms with Gasteiger partial charge in [-0.25, -0.2) is 4.79 Å². The van der Waals surface area contributed by atoms with E-state index in [1.807, 2.05) is 6.07 Å². The SMILES string of the molecule is NCC(=O)N[C@@H](Cc1ccccc1)C(=O)ON1C(=O)CCC1=O. The third kappa shape index (κ3) is 4.36. The van der Waals surface area contributed by atoms with E-state index in [0.717, 1.165) is 5.56 Å². The molecule has 1 fully saturated rings. The van der Waals surface area contributed by atoms with E-state index < -0.39 is 29.7 Å². The van der Waals surface area contributed by atoms with E-state index in [1.165, 1.54) is 0 Å². The summed E-state index contributed by atoms with van der Waals surface area (Å²) in [6, 6.07) is 7.90. The van der Waals surface area contributed by atoms with Gasteiger partial charge in [0.25, 0.3) is 11.8 Å². The molecule has 0 aliphatic carbocycles. The Balaban J connectivity index is 2.09. The van der Waals surface area contributed by atoms with Gasteiger partial charge in [0.05, 0.1) is 6.54 Å². The molecule has 122 valence electrons. The summed E-state index contributed by atoms with van der Waals surface area (Å²) >= 11 is 0. The van der Waals surface area contributed by atoms with Crippen molar-refractivity contribution in [2.75, 3.05) is 6.54 Å². The lowest BCUT2D eigenvalue weighted by molar-refractivity contribution is -0.199. The molecule has 1 aromatic rings. The van der Waals surface area contributed by atoms with Crippen LogP contribution in [0.15, 0.2) is 30.3 Å². The molecule has 3 N–H and O–H groups in total. The van der Waals surface area contributed by atoms with Gasteiger partial charge >= 0.3 is 5.97 Å². The van der Waals surface area contributed by atoms with E-state index in [4.69, 9.17) is 10.6 Å². The number of hydrogen-bond acceptors (Lipinski definition) is 6. The van der Waals surface area contributed by atoms with Crippen LogP contribution in [-0.2, 0) is 30.4 Å². The Morgan fingerprint density at radius 2 is 1.78 bits per heavy atom. The maximum absolute atomic E-state index is 12.2. The fourth-order valence-corrected chi connectivity index (χ4v) is 2.11. The summed E-state index contributed by atoms with van der Waals surface area (Å²) in [5, 5.41) is 2.88. The van der Waals surface area contributed by atoms with Crippen LogP contribution in [0, 0.1) is 0 Å². The molecule has 1 aliphatic rings. The minimum atomic E-state index is -1.05. The van der Waals surface area contributed by atoms with E-state index in [1.54, 1.807) is 24.3 Å². The minimum absolute atomic E-state index is 0.00459. The highest BCUT2D eigenvalue weighted by Crippen LogP contribution is 2.13. The topological polar surface area (TPSA) is 119 Å². The first-order valence-electron chi connectivity index (χ1n) is 7.12. The molecule has 0 saturated carbocycles. The van der Waals surface area contributed by atoms with Crippen molar-refractivity contribution in [2.24, 2.45) is 5.73 Å². The molecular weight excluding hydrogens is 302 g/mol. The summed E-state index contributed by atoms with van der Waals surface area (Å²) in [4.78, 5) is 51.6. The van der Waals surface area contributed by atoms with Crippen LogP contribution < -0.4 is 11.1 Å². The van der Waals surface area contributed by atoms with Gasteiger partial charge in [-0.2, -0.15) is 0 Å². The lowest BCUT2D eigenvalue weighted by Crippen LogP contribution is -2.48. The molecule has 1 saturated heterocycles. The van der Waals surface area contributed by atoms with E-state index in [9.17, 15) is 19.2 Å². The number of hydroxylamine groups is 2. The number of carbonyl (C=O) groups is 4. The van der Waals surface area contributed by atoms with Crippen LogP contribution in [0.3, 0.4) is 0 Å². The van der Waals surface area contributed by atoms with Crippen LogP contribution in [0.1, 0.15) is 18.4 Å². The third-order valence-electron chi connectivity index (χ3n) is 3.27. The number of imide groups is 1. The van der Waals surface area contributed by atoms with Crippen LogP contribution in [0.25, 0.3) is 0 Å². The smallest absolute Gasteiger partial charge is 0.341 e. The Kier molecular flexibility index (Phi) is 5.42. The molecule has 1 aromatic carbocycles. The molecule has 8 heteroatoms. The summed E-state index contributed by atoms with van der Waals surface area (Å²) < 4.78 is 0. The molecule has 1 aliphatic heterocycles. The highest BCUT2D eigenvalue weighted by molar-refractivity contribution is 6.02. The maximum Gasteiger partial charge on any atom is 0.355 e. The largest absolute Gasteiger partial charge is 0.355 e. The summed E-state index contributed by atoms with van der Waals surface area (Å²) in [6.45, 7) is -0.292. The number of hydrogen-bond donors (Lipinski definition) is 2. The normalized spacial score (nSPS) is 15.4. The average molecular weight is 319 g/mol. The number of amides is 3. The first-order chi connectivity index (χ1) is 11.0. The third-order valence-corrected chi connectivity index (χ3v) is 3.27. The Labute approximate surface area is 132 Å². The lowest BCUT2D eigenvalue weighted by Gasteiger charge is -2.20. The maximum atomic E-state index is 12.2. The second-order valence-corrected chi connectivity index (χ2v) is 5.01. The Hall–Kier alpha value is -2.74. The van der Waals surface area contributed by atoms with E-state index in [-0.39, 0.29) is 25.8 Å². The molecule has 0 aromatic heterocycles. The number of nitrogens with one attached hydrogen (secondary N) is 1. The van der Waals surface area contributed by atoms with Gasteiger partial charge in [0.15, 0.2) is 0 Å². The average Bonchev–Trinajstić information content (AvgIpc) is 2.87. The number of rotatable bonds is 6. The summed E-state index contributed by atoms with van der Waals surface area (Å²) in [6.07, 6.45) is 0.164. The van der Waals surface area contributed by atoms with Crippen molar-refractivity contribution in [1.29, 1.82) is 0 Å². The van der Waals surface area contributed by atoms with Gasteiger partial charge in [0, 0.05) is 19.3 Å². The molecule has 0 spiro atoms. The number of nitrogens with two attached hydrogens (primary N) is 1. The number of carbonyl (C=O) groups excluding carboxylic acids is 4. The summed E-state index contributed by atoms with van der Waals surface area (Å²) in [5.74, 6) is -2.58. The highest BCUT2D eigenvalue weighted by Gasteiger charge is 2.35. The predicted octanol–water partition coefficient (Wildman–Crippen LogP) is -0.720. The van der Waals surface area contributed by atoms with Crippen LogP contribution in [0.4, 0.5) is 0 Å². The summed E-state index contributed by atoms with van der Waals surface area (Å²) in [5.41, 5.74) is 6.02. The molecule has 1 atom stereocenters. The second kappa shape index (κ2) is 7.50. The van der Waals surface area contributed by atoms with Crippen LogP contribution in [-0.4, -0.2) is 41.3 Å².